The normalized spacial score (nSPS) is 22.0. The smallest absolute Gasteiger partial charge is 0.138 e. The Morgan fingerprint density at radius 3 is 2.57 bits per heavy atom. The van der Waals surface area contributed by atoms with Crippen molar-refractivity contribution in [1.29, 1.82) is 0 Å². The second kappa shape index (κ2) is 11.2. The number of nitrogens with zero attached hydrogens (tertiary/aromatic N) is 1. The molecular weight excluding hydrogens is 476 g/mol. The van der Waals surface area contributed by atoms with Gasteiger partial charge in [-0.3, -0.25) is 0 Å². The number of nitrogens with one attached hydrogen (secondary N) is 1. The van der Waals surface area contributed by atoms with E-state index in [2.05, 4.69) is 77.9 Å². The van der Waals surface area contributed by atoms with Gasteiger partial charge in [-0.2, -0.15) is 0 Å². The minimum Gasteiger partial charge on any atom is -0.489 e. The van der Waals surface area contributed by atoms with Gasteiger partial charge in [0, 0.05) is 31.6 Å². The average Bonchev–Trinajstić information content (AvgIpc) is 3.06. The van der Waals surface area contributed by atoms with Crippen LogP contribution in [0, 0.1) is 0 Å². The molecule has 0 bridgehead atoms. The van der Waals surface area contributed by atoms with Gasteiger partial charge >= 0.3 is 0 Å². The summed E-state index contributed by atoms with van der Waals surface area (Å²) in [5.41, 5.74) is 8.62. The number of fused-ring (bicyclic) bond motifs is 5. The van der Waals surface area contributed by atoms with Crippen LogP contribution in [0.1, 0.15) is 77.8 Å². The second-order valence-electron chi connectivity index (χ2n) is 11.2. The lowest BCUT2D eigenvalue weighted by atomic mass is 9.73. The summed E-state index contributed by atoms with van der Waals surface area (Å²) in [6.07, 6.45) is 9.80. The van der Waals surface area contributed by atoms with E-state index in [9.17, 15) is 0 Å². The van der Waals surface area contributed by atoms with Crippen molar-refractivity contribution >= 4 is 11.6 Å². The van der Waals surface area contributed by atoms with E-state index in [1.165, 1.54) is 59.1 Å². The van der Waals surface area contributed by atoms with Crippen LogP contribution < -0.4 is 10.1 Å². The molecule has 2 atom stereocenters. The fourth-order valence-electron chi connectivity index (χ4n) is 6.90. The van der Waals surface area contributed by atoms with Gasteiger partial charge < -0.3 is 15.0 Å². The maximum atomic E-state index is 6.83. The molecule has 1 aliphatic heterocycles. The molecule has 1 saturated carbocycles. The van der Waals surface area contributed by atoms with Crippen LogP contribution in [0.4, 0.5) is 0 Å². The highest BCUT2D eigenvalue weighted by Crippen LogP contribution is 2.45. The molecule has 0 unspecified atom stereocenters. The average molecular weight is 515 g/mol. The van der Waals surface area contributed by atoms with Crippen LogP contribution in [-0.2, 0) is 25.9 Å². The fourth-order valence-corrected chi connectivity index (χ4v) is 7.13. The molecule has 4 heteroatoms. The summed E-state index contributed by atoms with van der Waals surface area (Å²) in [5, 5.41) is 4.47. The van der Waals surface area contributed by atoms with Gasteiger partial charge in [0.15, 0.2) is 0 Å². The molecular formula is C33H39ClN2O. The first kappa shape index (κ1) is 25.0. The third-order valence-electron chi connectivity index (χ3n) is 8.88. The first-order valence-electron chi connectivity index (χ1n) is 14.2. The zero-order valence-electron chi connectivity index (χ0n) is 22.0. The number of hydrogen-bond donors (Lipinski definition) is 1. The van der Waals surface area contributed by atoms with Crippen molar-refractivity contribution in [2.24, 2.45) is 0 Å². The van der Waals surface area contributed by atoms with Crippen LogP contribution in [0.2, 0.25) is 5.02 Å². The van der Waals surface area contributed by atoms with Crippen molar-refractivity contribution in [3.8, 4) is 5.75 Å². The van der Waals surface area contributed by atoms with Crippen molar-refractivity contribution in [2.45, 2.75) is 82.5 Å². The maximum Gasteiger partial charge on any atom is 0.138 e. The van der Waals surface area contributed by atoms with E-state index in [0.717, 1.165) is 56.1 Å². The molecule has 37 heavy (non-hydrogen) atoms. The molecule has 1 N–H and O–H groups in total. The number of halogens is 1. The molecule has 0 aromatic heterocycles. The van der Waals surface area contributed by atoms with Crippen molar-refractivity contribution in [2.75, 3.05) is 13.6 Å². The van der Waals surface area contributed by atoms with E-state index >= 15 is 0 Å². The van der Waals surface area contributed by atoms with Gasteiger partial charge in [0.1, 0.15) is 5.75 Å². The topological polar surface area (TPSA) is 24.5 Å². The van der Waals surface area contributed by atoms with E-state index in [-0.39, 0.29) is 0 Å². The number of likely N-dealkylation sites (N-methyl/N-ethyl adjacent to an activating group) is 1. The van der Waals surface area contributed by atoms with Crippen molar-refractivity contribution in [3.05, 3.63) is 99.1 Å². The van der Waals surface area contributed by atoms with Gasteiger partial charge in [-0.1, -0.05) is 66.6 Å². The molecule has 1 fully saturated rings. The third-order valence-corrected chi connectivity index (χ3v) is 9.18. The van der Waals surface area contributed by atoms with Crippen molar-refractivity contribution < 1.29 is 4.74 Å². The summed E-state index contributed by atoms with van der Waals surface area (Å²) in [6, 6.07) is 22.7. The zero-order chi connectivity index (χ0) is 25.2. The second-order valence-corrected chi connectivity index (χ2v) is 11.7. The third kappa shape index (κ3) is 5.32. The molecule has 3 aliphatic rings. The SMILES string of the molecule is CN1CCc2cc(Cl)c(OC3CCCCC3)cc2[C@H]2c3cccc(CNCc4ccccc4)c3CC[C@@H]21. The molecule has 2 aliphatic carbocycles. The van der Waals surface area contributed by atoms with E-state index in [1.54, 1.807) is 0 Å². The first-order valence-corrected chi connectivity index (χ1v) is 14.6. The Labute approximate surface area is 227 Å². The molecule has 0 radical (unpaired) electrons. The minimum atomic E-state index is 0.300. The highest BCUT2D eigenvalue weighted by molar-refractivity contribution is 6.32. The van der Waals surface area contributed by atoms with Gasteiger partial charge in [-0.25, -0.2) is 0 Å². The van der Waals surface area contributed by atoms with Crippen LogP contribution in [0.5, 0.6) is 5.75 Å². The predicted octanol–water partition coefficient (Wildman–Crippen LogP) is 7.28. The fraction of sp³-hybridized carbons (Fsp3) is 0.455. The van der Waals surface area contributed by atoms with Crippen molar-refractivity contribution in [1.82, 2.24) is 10.2 Å². The highest BCUT2D eigenvalue weighted by Gasteiger charge is 2.37. The molecule has 0 amide bonds. The Bertz CT molecular complexity index is 1220. The molecule has 194 valence electrons. The molecule has 0 spiro atoms. The Kier molecular flexibility index (Phi) is 7.55. The number of benzene rings is 3. The molecule has 3 aromatic carbocycles. The summed E-state index contributed by atoms with van der Waals surface area (Å²) in [4.78, 5) is 2.59. The van der Waals surface area contributed by atoms with Crippen molar-refractivity contribution in [3.63, 3.8) is 0 Å². The summed E-state index contributed by atoms with van der Waals surface area (Å²) < 4.78 is 6.55. The Morgan fingerprint density at radius 2 is 1.73 bits per heavy atom. The number of rotatable bonds is 6. The lowest BCUT2D eigenvalue weighted by Crippen LogP contribution is -2.40. The quantitative estimate of drug-likeness (QED) is 0.374. The number of ether oxygens (including phenoxy) is 1. The van der Waals surface area contributed by atoms with Crippen LogP contribution >= 0.6 is 11.6 Å². The van der Waals surface area contributed by atoms with Crippen LogP contribution in [0.15, 0.2) is 60.7 Å². The Balaban J connectivity index is 1.32. The summed E-state index contributed by atoms with van der Waals surface area (Å²) in [7, 11) is 2.31. The van der Waals surface area contributed by atoms with E-state index in [4.69, 9.17) is 16.3 Å². The molecule has 0 saturated heterocycles. The minimum absolute atomic E-state index is 0.300. The lowest BCUT2D eigenvalue weighted by molar-refractivity contribution is 0.155. The lowest BCUT2D eigenvalue weighted by Gasteiger charge is -2.39. The van der Waals surface area contributed by atoms with Gasteiger partial charge in [-0.15, -0.1) is 0 Å². The van der Waals surface area contributed by atoms with Gasteiger partial charge in [0.2, 0.25) is 0 Å². The largest absolute Gasteiger partial charge is 0.489 e. The number of hydrogen-bond acceptors (Lipinski definition) is 3. The Morgan fingerprint density at radius 1 is 0.892 bits per heavy atom. The predicted molar refractivity (Wildman–Crippen MR) is 153 cm³/mol. The zero-order valence-corrected chi connectivity index (χ0v) is 22.8. The summed E-state index contributed by atoms with van der Waals surface area (Å²) in [5.74, 6) is 1.25. The molecule has 3 aromatic rings. The van der Waals surface area contributed by atoms with Gasteiger partial charge in [-0.05, 0) is 97.5 Å². The summed E-state index contributed by atoms with van der Waals surface area (Å²) in [6.45, 7) is 2.86. The van der Waals surface area contributed by atoms with Gasteiger partial charge in [0.25, 0.3) is 0 Å². The van der Waals surface area contributed by atoms with E-state index < -0.39 is 0 Å². The molecule has 3 nitrogen and oxygen atoms in total. The standard InChI is InChI=1S/C33H39ClN2O/c1-36-18-17-24-19-30(34)32(37-26-12-6-3-7-13-26)20-29(24)33-28-14-8-11-25(27(28)15-16-31(33)36)22-35-21-23-9-4-2-5-10-23/h2,4-5,8-11,14,19-20,26,31,33,35H,3,6-7,12-13,15-18,21-22H2,1H3/t31-,33+/m0/s1. The van der Waals surface area contributed by atoms with Crippen LogP contribution in [-0.4, -0.2) is 30.6 Å². The monoisotopic (exact) mass is 514 g/mol. The Hall–Kier alpha value is -2.33. The first-order chi connectivity index (χ1) is 18.2. The van der Waals surface area contributed by atoms with Crippen LogP contribution in [0.25, 0.3) is 0 Å². The van der Waals surface area contributed by atoms with Crippen LogP contribution in [0.3, 0.4) is 0 Å². The molecule has 1 heterocycles. The van der Waals surface area contributed by atoms with E-state index in [0.29, 0.717) is 18.1 Å². The highest BCUT2D eigenvalue weighted by atomic mass is 35.5. The maximum absolute atomic E-state index is 6.83. The molecule has 6 rings (SSSR count). The van der Waals surface area contributed by atoms with E-state index in [1.807, 2.05) is 0 Å². The van der Waals surface area contributed by atoms with Gasteiger partial charge in [0.05, 0.1) is 11.1 Å². The summed E-state index contributed by atoms with van der Waals surface area (Å²) >= 11 is 6.83.